The lowest BCUT2D eigenvalue weighted by Crippen LogP contribution is -2.24. The Morgan fingerprint density at radius 3 is 2.65 bits per heavy atom. The van der Waals surface area contributed by atoms with Gasteiger partial charge in [-0.3, -0.25) is 9.59 Å². The predicted octanol–water partition coefficient (Wildman–Crippen LogP) is 2.34. The van der Waals surface area contributed by atoms with Crippen molar-refractivity contribution < 1.29 is 4.79 Å². The van der Waals surface area contributed by atoms with Crippen molar-refractivity contribution in [2.24, 2.45) is 11.7 Å². The van der Waals surface area contributed by atoms with Crippen LogP contribution in [0.25, 0.3) is 10.8 Å². The highest BCUT2D eigenvalue weighted by Gasteiger charge is 2.12. The molecule has 0 unspecified atom stereocenters. The van der Waals surface area contributed by atoms with Gasteiger partial charge in [-0.15, -0.1) is 0 Å². The van der Waals surface area contributed by atoms with Gasteiger partial charge in [0, 0.05) is 23.2 Å². The Balaban J connectivity index is 2.73. The number of hydrogen-bond donors (Lipinski definition) is 1. The molecule has 2 N–H and O–H groups in total. The summed E-state index contributed by atoms with van der Waals surface area (Å²) in [6.07, 6.45) is 1.83. The highest BCUT2D eigenvalue weighted by atomic mass is 35.5. The molecular formula is C15H17ClN2O2. The maximum atomic E-state index is 12.4. The molecule has 106 valence electrons. The molecule has 0 spiro atoms. The lowest BCUT2D eigenvalue weighted by Gasteiger charge is -2.13. The molecule has 0 aliphatic heterocycles. The van der Waals surface area contributed by atoms with Crippen molar-refractivity contribution in [3.05, 3.63) is 45.3 Å². The zero-order chi connectivity index (χ0) is 14.9. The van der Waals surface area contributed by atoms with Crippen molar-refractivity contribution >= 4 is 28.3 Å². The topological polar surface area (TPSA) is 65.1 Å². The van der Waals surface area contributed by atoms with Gasteiger partial charge in [0.25, 0.3) is 5.56 Å². The molecule has 2 rings (SSSR count). The monoisotopic (exact) mass is 292 g/mol. The molecule has 5 heteroatoms. The fourth-order valence-corrected chi connectivity index (χ4v) is 2.47. The lowest BCUT2D eigenvalue weighted by molar-refractivity contribution is -0.117. The number of hydrogen-bond acceptors (Lipinski definition) is 2. The van der Waals surface area contributed by atoms with E-state index < -0.39 is 5.91 Å². The SMILES string of the molecule is CC(C)Cn1cc(CC(N)=O)c2ccc(Cl)cc2c1=O. The van der Waals surface area contributed by atoms with Crippen molar-refractivity contribution in [2.45, 2.75) is 26.8 Å². The number of primary amides is 1. The molecule has 0 bridgehead atoms. The van der Waals surface area contributed by atoms with Crippen LogP contribution in [0.5, 0.6) is 0 Å². The van der Waals surface area contributed by atoms with E-state index in [1.54, 1.807) is 29.0 Å². The van der Waals surface area contributed by atoms with E-state index in [1.165, 1.54) is 0 Å². The van der Waals surface area contributed by atoms with Gasteiger partial charge >= 0.3 is 0 Å². The molecule has 0 fully saturated rings. The fraction of sp³-hybridized carbons (Fsp3) is 0.333. The van der Waals surface area contributed by atoms with Gasteiger partial charge in [-0.25, -0.2) is 0 Å². The van der Waals surface area contributed by atoms with E-state index in [0.717, 1.165) is 10.9 Å². The summed E-state index contributed by atoms with van der Waals surface area (Å²) in [5, 5.41) is 1.76. The first-order valence-electron chi connectivity index (χ1n) is 6.48. The van der Waals surface area contributed by atoms with E-state index in [0.29, 0.717) is 22.9 Å². The zero-order valence-electron chi connectivity index (χ0n) is 11.5. The molecule has 0 radical (unpaired) electrons. The van der Waals surface area contributed by atoms with Crippen molar-refractivity contribution in [1.29, 1.82) is 0 Å². The maximum absolute atomic E-state index is 12.4. The first kappa shape index (κ1) is 14.6. The first-order chi connectivity index (χ1) is 9.38. The van der Waals surface area contributed by atoms with Crippen LogP contribution in [-0.2, 0) is 17.8 Å². The number of carbonyl (C=O) groups excluding carboxylic acids is 1. The first-order valence-corrected chi connectivity index (χ1v) is 6.86. The molecule has 0 saturated heterocycles. The fourth-order valence-electron chi connectivity index (χ4n) is 2.30. The Bertz CT molecular complexity index is 720. The molecule has 0 atom stereocenters. The number of benzene rings is 1. The number of carbonyl (C=O) groups is 1. The number of aromatic nitrogens is 1. The molecule has 1 heterocycles. The van der Waals surface area contributed by atoms with Crippen LogP contribution in [0.3, 0.4) is 0 Å². The summed E-state index contributed by atoms with van der Waals surface area (Å²) < 4.78 is 1.63. The predicted molar refractivity (Wildman–Crippen MR) is 81.0 cm³/mol. The lowest BCUT2D eigenvalue weighted by atomic mass is 10.0. The molecule has 1 amide bonds. The number of rotatable bonds is 4. The largest absolute Gasteiger partial charge is 0.369 e. The van der Waals surface area contributed by atoms with Gasteiger partial charge < -0.3 is 10.3 Å². The highest BCUT2D eigenvalue weighted by Crippen LogP contribution is 2.20. The summed E-state index contributed by atoms with van der Waals surface area (Å²) in [6.45, 7) is 4.65. The van der Waals surface area contributed by atoms with Crippen LogP contribution in [0.2, 0.25) is 5.02 Å². The minimum Gasteiger partial charge on any atom is -0.369 e. The van der Waals surface area contributed by atoms with Crippen molar-refractivity contribution in [3.8, 4) is 0 Å². The molecule has 0 aliphatic carbocycles. The Hall–Kier alpha value is -1.81. The van der Waals surface area contributed by atoms with Crippen LogP contribution in [-0.4, -0.2) is 10.5 Å². The Labute approximate surface area is 122 Å². The van der Waals surface area contributed by atoms with Crippen LogP contribution in [0.1, 0.15) is 19.4 Å². The molecule has 4 nitrogen and oxygen atoms in total. The highest BCUT2D eigenvalue weighted by molar-refractivity contribution is 6.31. The second-order valence-electron chi connectivity index (χ2n) is 5.34. The van der Waals surface area contributed by atoms with Gasteiger partial charge in [0.15, 0.2) is 0 Å². The normalized spacial score (nSPS) is 11.2. The van der Waals surface area contributed by atoms with E-state index in [2.05, 4.69) is 0 Å². The smallest absolute Gasteiger partial charge is 0.258 e. The Morgan fingerprint density at radius 1 is 1.35 bits per heavy atom. The van der Waals surface area contributed by atoms with Crippen molar-refractivity contribution in [3.63, 3.8) is 0 Å². The average molecular weight is 293 g/mol. The van der Waals surface area contributed by atoms with Crippen LogP contribution in [0, 0.1) is 5.92 Å². The minimum absolute atomic E-state index is 0.0931. The third-order valence-corrected chi connectivity index (χ3v) is 3.29. The van der Waals surface area contributed by atoms with Crippen molar-refractivity contribution in [1.82, 2.24) is 4.57 Å². The summed E-state index contributed by atoms with van der Waals surface area (Å²) in [4.78, 5) is 23.6. The molecular weight excluding hydrogens is 276 g/mol. The van der Waals surface area contributed by atoms with Gasteiger partial charge in [0.05, 0.1) is 6.42 Å². The summed E-state index contributed by atoms with van der Waals surface area (Å²) in [5.74, 6) is -0.0956. The van der Waals surface area contributed by atoms with Gasteiger partial charge in [0.2, 0.25) is 5.91 Å². The number of pyridine rings is 1. The van der Waals surface area contributed by atoms with E-state index in [1.807, 2.05) is 13.8 Å². The van der Waals surface area contributed by atoms with Gasteiger partial charge in [-0.1, -0.05) is 31.5 Å². The Kier molecular flexibility index (Phi) is 4.14. The molecule has 1 aromatic heterocycles. The van der Waals surface area contributed by atoms with E-state index in [9.17, 15) is 9.59 Å². The standard InChI is InChI=1S/C15H17ClN2O2/c1-9(2)7-18-8-10(5-14(17)19)12-4-3-11(16)6-13(12)15(18)20/h3-4,6,8-9H,5,7H2,1-2H3,(H2,17,19). The number of fused-ring (bicyclic) bond motifs is 1. The molecule has 1 aromatic carbocycles. The average Bonchev–Trinajstić information content (AvgIpc) is 2.33. The van der Waals surface area contributed by atoms with E-state index in [4.69, 9.17) is 17.3 Å². The number of halogens is 1. The van der Waals surface area contributed by atoms with Crippen LogP contribution >= 0.6 is 11.6 Å². The number of nitrogens with two attached hydrogens (primary N) is 1. The van der Waals surface area contributed by atoms with Gasteiger partial charge in [0.1, 0.15) is 0 Å². The molecule has 0 aliphatic rings. The maximum Gasteiger partial charge on any atom is 0.258 e. The van der Waals surface area contributed by atoms with Crippen LogP contribution < -0.4 is 11.3 Å². The molecule has 2 aromatic rings. The van der Waals surface area contributed by atoms with Crippen LogP contribution in [0.4, 0.5) is 0 Å². The molecule has 20 heavy (non-hydrogen) atoms. The summed E-state index contributed by atoms with van der Waals surface area (Å²) >= 11 is 5.97. The second-order valence-corrected chi connectivity index (χ2v) is 5.78. The quantitative estimate of drug-likeness (QED) is 0.940. The van der Waals surface area contributed by atoms with Gasteiger partial charge in [-0.05, 0) is 29.0 Å². The molecule has 0 saturated carbocycles. The Morgan fingerprint density at radius 2 is 2.05 bits per heavy atom. The van der Waals surface area contributed by atoms with Crippen LogP contribution in [0.15, 0.2) is 29.2 Å². The van der Waals surface area contributed by atoms with Crippen molar-refractivity contribution in [2.75, 3.05) is 0 Å². The summed E-state index contributed by atoms with van der Waals surface area (Å²) in [7, 11) is 0. The third-order valence-electron chi connectivity index (χ3n) is 3.06. The minimum atomic E-state index is -0.420. The number of amides is 1. The second kappa shape index (κ2) is 5.67. The van der Waals surface area contributed by atoms with Gasteiger partial charge in [-0.2, -0.15) is 0 Å². The summed E-state index contributed by atoms with van der Waals surface area (Å²) in [6, 6.07) is 5.11. The van der Waals surface area contributed by atoms with E-state index in [-0.39, 0.29) is 12.0 Å². The number of nitrogens with zero attached hydrogens (tertiary/aromatic N) is 1. The zero-order valence-corrected chi connectivity index (χ0v) is 12.3. The third kappa shape index (κ3) is 3.02. The van der Waals surface area contributed by atoms with E-state index >= 15 is 0 Å². The summed E-state index contributed by atoms with van der Waals surface area (Å²) in [5.41, 5.74) is 5.94.